The Labute approximate surface area is 168 Å². The fraction of sp³-hybridized carbons (Fsp3) is 0.810. The van der Waals surface area contributed by atoms with E-state index in [1.165, 1.54) is 32.7 Å². The predicted molar refractivity (Wildman–Crippen MR) is 108 cm³/mol. The predicted octanol–water partition coefficient (Wildman–Crippen LogP) is 1.84. The van der Waals surface area contributed by atoms with Crippen LogP contribution in [0.15, 0.2) is 12.3 Å². The number of aromatic nitrogens is 2. The molecule has 0 saturated carbocycles. The zero-order chi connectivity index (χ0) is 19.6. The van der Waals surface area contributed by atoms with E-state index in [1.807, 2.05) is 4.90 Å². The molecular formula is C21H35N5O2. The Morgan fingerprint density at radius 1 is 1.25 bits per heavy atom. The molecule has 0 radical (unpaired) electrons. The number of hydrogen-bond donors (Lipinski definition) is 1. The number of H-pyrrole nitrogens is 1. The van der Waals surface area contributed by atoms with Crippen LogP contribution in [-0.4, -0.2) is 94.9 Å². The van der Waals surface area contributed by atoms with Crippen LogP contribution in [0, 0.1) is 5.92 Å². The van der Waals surface area contributed by atoms with Crippen LogP contribution in [0.2, 0.25) is 0 Å². The number of carbonyl (C=O) groups is 1. The zero-order valence-corrected chi connectivity index (χ0v) is 17.4. The van der Waals surface area contributed by atoms with Gasteiger partial charge in [0, 0.05) is 64.7 Å². The summed E-state index contributed by atoms with van der Waals surface area (Å²) in [7, 11) is 0. The molecule has 3 aliphatic heterocycles. The third kappa shape index (κ3) is 4.42. The standard InChI is InChI=1S/C21H35N5O2/c1-17(2)16-24-10-12-25(13-11-24)18-4-14-28-21(15-18)5-8-26(9-6-21)20(27)19-3-7-22-23-19/h3,7,17-18H,4-6,8-16H2,1-2H3,(H,22,23)/t18-/m1/s1. The first-order valence-corrected chi connectivity index (χ1v) is 10.9. The number of carbonyl (C=O) groups excluding carboxylic acids is 1. The smallest absolute Gasteiger partial charge is 0.271 e. The Bertz CT molecular complexity index is 631. The minimum absolute atomic E-state index is 0.0389. The van der Waals surface area contributed by atoms with Crippen LogP contribution in [0.5, 0.6) is 0 Å². The molecule has 3 saturated heterocycles. The molecule has 1 amide bonds. The molecule has 0 aromatic carbocycles. The van der Waals surface area contributed by atoms with Gasteiger partial charge in [-0.1, -0.05) is 13.8 Å². The Balaban J connectivity index is 1.29. The average Bonchev–Trinajstić information content (AvgIpc) is 3.23. The normalized spacial score (nSPS) is 26.8. The third-order valence-electron chi connectivity index (χ3n) is 6.71. The average molecular weight is 390 g/mol. The van der Waals surface area contributed by atoms with Crippen molar-refractivity contribution in [3.63, 3.8) is 0 Å². The van der Waals surface area contributed by atoms with Gasteiger partial charge in [-0.3, -0.25) is 14.8 Å². The molecule has 7 heteroatoms. The molecule has 0 unspecified atom stereocenters. The number of nitrogens with one attached hydrogen (secondary N) is 1. The van der Waals surface area contributed by atoms with Crippen molar-refractivity contribution in [2.45, 2.75) is 51.2 Å². The minimum Gasteiger partial charge on any atom is -0.375 e. The topological polar surface area (TPSA) is 64.7 Å². The number of piperazine rings is 1. The van der Waals surface area contributed by atoms with Gasteiger partial charge in [-0.15, -0.1) is 0 Å². The number of hydrogen-bond acceptors (Lipinski definition) is 5. The highest BCUT2D eigenvalue weighted by Crippen LogP contribution is 2.37. The summed E-state index contributed by atoms with van der Waals surface area (Å²) < 4.78 is 6.32. The maximum absolute atomic E-state index is 12.6. The van der Waals surface area contributed by atoms with E-state index in [4.69, 9.17) is 4.74 Å². The Hall–Kier alpha value is -1.44. The molecule has 28 heavy (non-hydrogen) atoms. The van der Waals surface area contributed by atoms with Gasteiger partial charge in [-0.25, -0.2) is 0 Å². The molecule has 1 spiro atoms. The van der Waals surface area contributed by atoms with E-state index < -0.39 is 0 Å². The van der Waals surface area contributed by atoms with Crippen LogP contribution < -0.4 is 0 Å². The fourth-order valence-corrected chi connectivity index (χ4v) is 5.15. The van der Waals surface area contributed by atoms with Crippen molar-refractivity contribution in [3.8, 4) is 0 Å². The number of aromatic amines is 1. The van der Waals surface area contributed by atoms with E-state index in [2.05, 4.69) is 33.8 Å². The lowest BCUT2D eigenvalue weighted by molar-refractivity contribution is -0.132. The molecule has 0 bridgehead atoms. The van der Waals surface area contributed by atoms with Gasteiger partial charge in [0.25, 0.3) is 5.91 Å². The van der Waals surface area contributed by atoms with Crippen LogP contribution in [-0.2, 0) is 4.74 Å². The largest absolute Gasteiger partial charge is 0.375 e. The molecule has 4 rings (SSSR count). The first-order valence-electron chi connectivity index (χ1n) is 10.9. The number of nitrogens with zero attached hydrogens (tertiary/aromatic N) is 4. The first kappa shape index (κ1) is 19.9. The lowest BCUT2D eigenvalue weighted by Gasteiger charge is -2.49. The Morgan fingerprint density at radius 3 is 2.64 bits per heavy atom. The highest BCUT2D eigenvalue weighted by Gasteiger charge is 2.43. The van der Waals surface area contributed by atoms with Crippen molar-refractivity contribution in [3.05, 3.63) is 18.0 Å². The van der Waals surface area contributed by atoms with E-state index in [0.717, 1.165) is 51.3 Å². The monoisotopic (exact) mass is 389 g/mol. The van der Waals surface area contributed by atoms with Crippen molar-refractivity contribution in [1.29, 1.82) is 0 Å². The maximum atomic E-state index is 12.6. The lowest BCUT2D eigenvalue weighted by Crippen LogP contribution is -2.57. The summed E-state index contributed by atoms with van der Waals surface area (Å²) in [5.74, 6) is 0.800. The van der Waals surface area contributed by atoms with Gasteiger partial charge in [0.1, 0.15) is 5.69 Å². The quantitative estimate of drug-likeness (QED) is 0.851. The highest BCUT2D eigenvalue weighted by atomic mass is 16.5. The van der Waals surface area contributed by atoms with Gasteiger partial charge in [-0.05, 0) is 37.7 Å². The van der Waals surface area contributed by atoms with Gasteiger partial charge < -0.3 is 14.5 Å². The minimum atomic E-state index is -0.0389. The van der Waals surface area contributed by atoms with Gasteiger partial charge in [0.05, 0.1) is 5.60 Å². The SMILES string of the molecule is CC(C)CN1CCN([C@@H]2CCOC3(CCN(C(=O)c4ccn[nH]4)CC3)C2)CC1. The van der Waals surface area contributed by atoms with Gasteiger partial charge in [0.2, 0.25) is 0 Å². The summed E-state index contributed by atoms with van der Waals surface area (Å²) in [5.41, 5.74) is 0.542. The summed E-state index contributed by atoms with van der Waals surface area (Å²) in [6.45, 7) is 13.0. The molecule has 3 aliphatic rings. The second-order valence-corrected chi connectivity index (χ2v) is 9.17. The Kier molecular flexibility index (Phi) is 6.04. The number of ether oxygens (including phenoxy) is 1. The van der Waals surface area contributed by atoms with Crippen LogP contribution in [0.4, 0.5) is 0 Å². The van der Waals surface area contributed by atoms with Crippen molar-refractivity contribution in [2.24, 2.45) is 5.92 Å². The number of piperidine rings is 1. The molecule has 4 heterocycles. The molecular weight excluding hydrogens is 354 g/mol. The van der Waals surface area contributed by atoms with E-state index in [9.17, 15) is 4.79 Å². The second-order valence-electron chi connectivity index (χ2n) is 9.17. The highest BCUT2D eigenvalue weighted by molar-refractivity contribution is 5.92. The zero-order valence-electron chi connectivity index (χ0n) is 17.4. The van der Waals surface area contributed by atoms with Gasteiger partial charge >= 0.3 is 0 Å². The molecule has 1 atom stereocenters. The summed E-state index contributed by atoms with van der Waals surface area (Å²) >= 11 is 0. The molecule has 0 aliphatic carbocycles. The van der Waals surface area contributed by atoms with Gasteiger partial charge in [-0.2, -0.15) is 5.10 Å². The van der Waals surface area contributed by atoms with E-state index in [-0.39, 0.29) is 11.5 Å². The van der Waals surface area contributed by atoms with Crippen LogP contribution in [0.1, 0.15) is 50.0 Å². The molecule has 1 N–H and O–H groups in total. The van der Waals surface area contributed by atoms with E-state index in [0.29, 0.717) is 11.7 Å². The number of rotatable bonds is 4. The summed E-state index contributed by atoms with van der Waals surface area (Å²) in [4.78, 5) is 19.8. The Morgan fingerprint density at radius 2 is 2.00 bits per heavy atom. The number of amides is 1. The third-order valence-corrected chi connectivity index (χ3v) is 6.71. The van der Waals surface area contributed by atoms with Crippen LogP contribution in [0.3, 0.4) is 0 Å². The van der Waals surface area contributed by atoms with Crippen molar-refractivity contribution >= 4 is 5.91 Å². The molecule has 3 fully saturated rings. The summed E-state index contributed by atoms with van der Waals surface area (Å²) in [5, 5.41) is 6.69. The van der Waals surface area contributed by atoms with Gasteiger partial charge in [0.15, 0.2) is 0 Å². The molecule has 1 aromatic heterocycles. The molecule has 156 valence electrons. The molecule has 1 aromatic rings. The summed E-state index contributed by atoms with van der Waals surface area (Å²) in [6, 6.07) is 2.38. The maximum Gasteiger partial charge on any atom is 0.271 e. The first-order chi connectivity index (χ1) is 13.5. The summed E-state index contributed by atoms with van der Waals surface area (Å²) in [6.07, 6.45) is 5.77. The second kappa shape index (κ2) is 8.51. The lowest BCUT2D eigenvalue weighted by atomic mass is 9.81. The van der Waals surface area contributed by atoms with E-state index >= 15 is 0 Å². The fourth-order valence-electron chi connectivity index (χ4n) is 5.15. The number of likely N-dealkylation sites (tertiary alicyclic amines) is 1. The van der Waals surface area contributed by atoms with E-state index in [1.54, 1.807) is 12.3 Å². The van der Waals surface area contributed by atoms with Crippen molar-refractivity contribution < 1.29 is 9.53 Å². The van der Waals surface area contributed by atoms with Crippen molar-refractivity contribution in [2.75, 3.05) is 52.4 Å². The van der Waals surface area contributed by atoms with Crippen molar-refractivity contribution in [1.82, 2.24) is 24.9 Å². The molecule has 7 nitrogen and oxygen atoms in total. The van der Waals surface area contributed by atoms with Crippen LogP contribution >= 0.6 is 0 Å². The van der Waals surface area contributed by atoms with Crippen LogP contribution in [0.25, 0.3) is 0 Å².